The number of likely N-dealkylation sites (tertiary alicyclic amines) is 1. The summed E-state index contributed by atoms with van der Waals surface area (Å²) in [6, 6.07) is 8.11. The fourth-order valence-electron chi connectivity index (χ4n) is 3.25. The summed E-state index contributed by atoms with van der Waals surface area (Å²) in [7, 11) is 0. The van der Waals surface area contributed by atoms with Crippen molar-refractivity contribution in [2.24, 2.45) is 5.92 Å². The number of amides is 2. The molecule has 0 spiro atoms. The van der Waals surface area contributed by atoms with Crippen LogP contribution in [0.25, 0.3) is 0 Å². The molecule has 106 valence electrons. The number of benzene rings is 1. The predicted octanol–water partition coefficient (Wildman–Crippen LogP) is 1.83. The molecule has 1 aromatic rings. The van der Waals surface area contributed by atoms with Crippen molar-refractivity contribution in [1.29, 1.82) is 0 Å². The maximum Gasteiger partial charge on any atom is 0.231 e. The number of anilines is 1. The third-order valence-electron chi connectivity index (χ3n) is 4.37. The summed E-state index contributed by atoms with van der Waals surface area (Å²) in [5.74, 6) is 0.212. The lowest BCUT2D eigenvalue weighted by atomic mass is 9.96. The summed E-state index contributed by atoms with van der Waals surface area (Å²) in [6.45, 7) is 3.72. The van der Waals surface area contributed by atoms with E-state index in [0.29, 0.717) is 6.54 Å². The topological polar surface area (TPSA) is 40.6 Å². The van der Waals surface area contributed by atoms with Gasteiger partial charge in [0.1, 0.15) is 0 Å². The van der Waals surface area contributed by atoms with E-state index in [1.807, 2.05) is 23.1 Å². The fraction of sp³-hybridized carbons (Fsp3) is 0.500. The number of fused-ring (bicyclic) bond motifs is 1. The molecule has 1 fully saturated rings. The van der Waals surface area contributed by atoms with Gasteiger partial charge >= 0.3 is 0 Å². The Kier molecular flexibility index (Phi) is 3.47. The van der Waals surface area contributed by atoms with E-state index in [4.69, 9.17) is 0 Å². The van der Waals surface area contributed by atoms with Crippen molar-refractivity contribution in [2.75, 3.05) is 24.5 Å². The van der Waals surface area contributed by atoms with E-state index in [0.717, 1.165) is 38.0 Å². The lowest BCUT2D eigenvalue weighted by Gasteiger charge is -2.33. The van der Waals surface area contributed by atoms with Gasteiger partial charge in [0.2, 0.25) is 11.8 Å². The van der Waals surface area contributed by atoms with Gasteiger partial charge in [0.15, 0.2) is 0 Å². The largest absolute Gasteiger partial charge is 0.342 e. The van der Waals surface area contributed by atoms with Crippen LogP contribution in [0.4, 0.5) is 5.69 Å². The quantitative estimate of drug-likeness (QED) is 0.782. The Labute approximate surface area is 119 Å². The first-order valence-electron chi connectivity index (χ1n) is 7.31. The molecule has 20 heavy (non-hydrogen) atoms. The van der Waals surface area contributed by atoms with E-state index in [-0.39, 0.29) is 17.7 Å². The van der Waals surface area contributed by atoms with Crippen LogP contribution in [-0.2, 0) is 16.0 Å². The van der Waals surface area contributed by atoms with Gasteiger partial charge in [-0.15, -0.1) is 0 Å². The van der Waals surface area contributed by atoms with Crippen LogP contribution in [0, 0.1) is 5.92 Å². The van der Waals surface area contributed by atoms with Gasteiger partial charge < -0.3 is 9.80 Å². The van der Waals surface area contributed by atoms with Crippen molar-refractivity contribution in [1.82, 2.24) is 4.90 Å². The molecule has 3 rings (SSSR count). The minimum Gasteiger partial charge on any atom is -0.342 e. The molecule has 0 saturated carbocycles. The minimum atomic E-state index is -0.0428. The molecule has 4 heteroatoms. The van der Waals surface area contributed by atoms with Crippen LogP contribution >= 0.6 is 0 Å². The van der Waals surface area contributed by atoms with Gasteiger partial charge in [-0.25, -0.2) is 0 Å². The zero-order chi connectivity index (χ0) is 14.1. The van der Waals surface area contributed by atoms with Crippen LogP contribution in [-0.4, -0.2) is 36.3 Å². The molecule has 1 atom stereocenters. The smallest absolute Gasteiger partial charge is 0.231 e. The number of carbonyl (C=O) groups is 2. The third kappa shape index (κ3) is 2.30. The number of piperidine rings is 1. The maximum atomic E-state index is 12.7. The van der Waals surface area contributed by atoms with Crippen LogP contribution in [0.3, 0.4) is 0 Å². The molecule has 2 aliphatic heterocycles. The standard InChI is InChI=1S/C16H20N2O2/c1-12(19)17-9-4-6-14(11-17)16(20)18-10-8-13-5-2-3-7-15(13)18/h2-3,5,7,14H,4,6,8-11H2,1H3. The Hall–Kier alpha value is -1.84. The Balaban J connectivity index is 1.75. The predicted molar refractivity (Wildman–Crippen MR) is 77.5 cm³/mol. The lowest BCUT2D eigenvalue weighted by molar-refractivity contribution is -0.133. The average Bonchev–Trinajstić information content (AvgIpc) is 2.90. The highest BCUT2D eigenvalue weighted by Gasteiger charge is 2.33. The number of para-hydroxylation sites is 1. The van der Waals surface area contributed by atoms with Crippen molar-refractivity contribution >= 4 is 17.5 Å². The summed E-state index contributed by atoms with van der Waals surface area (Å²) in [4.78, 5) is 27.9. The molecule has 1 unspecified atom stereocenters. The molecule has 0 aromatic heterocycles. The first-order valence-corrected chi connectivity index (χ1v) is 7.31. The lowest BCUT2D eigenvalue weighted by Crippen LogP contribution is -2.45. The average molecular weight is 272 g/mol. The fourth-order valence-corrected chi connectivity index (χ4v) is 3.25. The highest BCUT2D eigenvalue weighted by molar-refractivity contribution is 5.97. The van der Waals surface area contributed by atoms with Crippen LogP contribution in [0.5, 0.6) is 0 Å². The molecule has 0 N–H and O–H groups in total. The minimum absolute atomic E-state index is 0.0428. The van der Waals surface area contributed by atoms with Crippen molar-refractivity contribution in [2.45, 2.75) is 26.2 Å². The van der Waals surface area contributed by atoms with E-state index in [2.05, 4.69) is 6.07 Å². The molecule has 2 heterocycles. The SMILES string of the molecule is CC(=O)N1CCCC(C(=O)N2CCc3ccccc32)C1. The van der Waals surface area contributed by atoms with Crippen molar-refractivity contribution < 1.29 is 9.59 Å². The number of nitrogens with zero attached hydrogens (tertiary/aromatic N) is 2. The van der Waals surface area contributed by atoms with Gasteiger partial charge in [-0.05, 0) is 30.9 Å². The van der Waals surface area contributed by atoms with Crippen molar-refractivity contribution in [3.63, 3.8) is 0 Å². The monoisotopic (exact) mass is 272 g/mol. The molecular formula is C16H20N2O2. The zero-order valence-electron chi connectivity index (χ0n) is 11.8. The highest BCUT2D eigenvalue weighted by atomic mass is 16.2. The first kappa shape index (κ1) is 13.2. The van der Waals surface area contributed by atoms with Crippen LogP contribution < -0.4 is 4.90 Å². The second kappa shape index (κ2) is 5.27. The van der Waals surface area contributed by atoms with Gasteiger partial charge in [0, 0.05) is 32.2 Å². The summed E-state index contributed by atoms with van der Waals surface area (Å²) < 4.78 is 0. The number of carbonyl (C=O) groups excluding carboxylic acids is 2. The van der Waals surface area contributed by atoms with Gasteiger partial charge in [0.25, 0.3) is 0 Å². The molecule has 0 radical (unpaired) electrons. The maximum absolute atomic E-state index is 12.7. The second-order valence-electron chi connectivity index (χ2n) is 5.67. The van der Waals surface area contributed by atoms with Gasteiger partial charge in [0.05, 0.1) is 5.92 Å². The molecule has 1 aromatic carbocycles. The number of rotatable bonds is 1. The van der Waals surface area contributed by atoms with E-state index in [1.165, 1.54) is 5.56 Å². The number of hydrogen-bond donors (Lipinski definition) is 0. The van der Waals surface area contributed by atoms with Crippen LogP contribution in [0.15, 0.2) is 24.3 Å². The Morgan fingerprint density at radius 2 is 2.00 bits per heavy atom. The molecule has 4 nitrogen and oxygen atoms in total. The van der Waals surface area contributed by atoms with Gasteiger partial charge in [-0.2, -0.15) is 0 Å². The molecule has 0 bridgehead atoms. The third-order valence-corrected chi connectivity index (χ3v) is 4.37. The van der Waals surface area contributed by atoms with Gasteiger partial charge in [-0.1, -0.05) is 18.2 Å². The summed E-state index contributed by atoms with van der Waals surface area (Å²) >= 11 is 0. The van der Waals surface area contributed by atoms with Crippen molar-refractivity contribution in [3.8, 4) is 0 Å². The molecule has 1 saturated heterocycles. The zero-order valence-corrected chi connectivity index (χ0v) is 11.8. The second-order valence-corrected chi connectivity index (χ2v) is 5.67. The summed E-state index contributed by atoms with van der Waals surface area (Å²) in [6.07, 6.45) is 2.75. The van der Waals surface area contributed by atoms with Crippen LogP contribution in [0.2, 0.25) is 0 Å². The van der Waals surface area contributed by atoms with E-state index >= 15 is 0 Å². The normalized spacial score (nSPS) is 21.8. The van der Waals surface area contributed by atoms with E-state index in [1.54, 1.807) is 11.8 Å². The van der Waals surface area contributed by atoms with E-state index < -0.39 is 0 Å². The van der Waals surface area contributed by atoms with Gasteiger partial charge in [-0.3, -0.25) is 9.59 Å². The molecular weight excluding hydrogens is 252 g/mol. The van der Waals surface area contributed by atoms with Crippen LogP contribution in [0.1, 0.15) is 25.3 Å². The summed E-state index contributed by atoms with van der Waals surface area (Å²) in [5.41, 5.74) is 2.30. The Morgan fingerprint density at radius 1 is 1.20 bits per heavy atom. The Bertz CT molecular complexity index is 541. The molecule has 0 aliphatic carbocycles. The highest BCUT2D eigenvalue weighted by Crippen LogP contribution is 2.30. The first-order chi connectivity index (χ1) is 9.66. The molecule has 2 aliphatic rings. The Morgan fingerprint density at radius 3 is 2.80 bits per heavy atom. The molecule has 2 amide bonds. The van der Waals surface area contributed by atoms with E-state index in [9.17, 15) is 9.59 Å². The summed E-state index contributed by atoms with van der Waals surface area (Å²) in [5, 5.41) is 0. The van der Waals surface area contributed by atoms with Crippen molar-refractivity contribution in [3.05, 3.63) is 29.8 Å². The number of hydrogen-bond acceptors (Lipinski definition) is 2.